The summed E-state index contributed by atoms with van der Waals surface area (Å²) in [5, 5.41) is 15.6. The van der Waals surface area contributed by atoms with Crippen molar-refractivity contribution in [2.45, 2.75) is 63.9 Å². The summed E-state index contributed by atoms with van der Waals surface area (Å²) in [5.74, 6) is -1.11. The lowest BCUT2D eigenvalue weighted by Gasteiger charge is -2.25. The Hall–Kier alpha value is -3.36. The Morgan fingerprint density at radius 3 is 2.75 bits per heavy atom. The van der Waals surface area contributed by atoms with Gasteiger partial charge in [0.05, 0.1) is 19.0 Å². The zero-order valence-corrected chi connectivity index (χ0v) is 23.0. The minimum Gasteiger partial charge on any atom is -0.462 e. The van der Waals surface area contributed by atoms with Gasteiger partial charge in [-0.2, -0.15) is 15.1 Å². The molecule has 14 nitrogen and oxygen atoms in total. The molecule has 6 atom stereocenters. The number of nitrogens with two attached hydrogens (primary N) is 1. The number of ether oxygens (including phenoxy) is 2. The number of nitrogens with one attached hydrogen (secondary N) is 2. The van der Waals surface area contributed by atoms with Gasteiger partial charge in [-0.3, -0.25) is 13.9 Å². The largest absolute Gasteiger partial charge is 0.462 e. The molecule has 1 aliphatic rings. The van der Waals surface area contributed by atoms with Crippen molar-refractivity contribution in [1.29, 1.82) is 0 Å². The molecule has 0 aliphatic carbocycles. The van der Waals surface area contributed by atoms with Gasteiger partial charge >= 0.3 is 13.7 Å². The molecular weight excluding hydrogens is 548 g/mol. The van der Waals surface area contributed by atoms with Gasteiger partial charge in [0.15, 0.2) is 28.9 Å². The van der Waals surface area contributed by atoms with Crippen LogP contribution in [0.15, 0.2) is 36.7 Å². The Bertz CT molecular complexity index is 1500. The van der Waals surface area contributed by atoms with E-state index in [2.05, 4.69) is 25.4 Å². The number of hydrogen-bond donors (Lipinski definition) is 4. The maximum atomic E-state index is 16.1. The average molecular weight is 585 g/mol. The van der Waals surface area contributed by atoms with E-state index in [4.69, 9.17) is 28.4 Å². The fourth-order valence-electron chi connectivity index (χ4n) is 4.05. The lowest BCUT2D eigenvalue weighted by Crippen LogP contribution is -2.41. The van der Waals surface area contributed by atoms with Gasteiger partial charge in [0.1, 0.15) is 24.0 Å². The van der Waals surface area contributed by atoms with Crippen molar-refractivity contribution >= 4 is 36.6 Å². The molecule has 0 saturated carbocycles. The number of alkyl halides is 1. The number of benzene rings is 1. The number of para-hydroxylation sites is 1. The van der Waals surface area contributed by atoms with Gasteiger partial charge in [-0.1, -0.05) is 18.2 Å². The number of hydrogen-bond acceptors (Lipinski definition) is 12. The Labute approximate surface area is 234 Å². The second kappa shape index (κ2) is 11.6. The Kier molecular flexibility index (Phi) is 7.44. The molecule has 4 rings (SSSR count). The highest BCUT2D eigenvalue weighted by Crippen LogP contribution is 2.48. The number of nitrogen functional groups attached to an aromatic ring is 1. The fourth-order valence-corrected chi connectivity index (χ4v) is 5.55. The quantitative estimate of drug-likeness (QED) is 0.191. The second-order valence-corrected chi connectivity index (χ2v) is 11.2. The van der Waals surface area contributed by atoms with Gasteiger partial charge in [0.25, 0.3) is 0 Å². The third kappa shape index (κ3) is 6.18. The highest BCUT2D eigenvalue weighted by atomic mass is 31.2. The summed E-state index contributed by atoms with van der Waals surface area (Å²) in [7, 11) is -4.35. The fraction of sp³-hybridized carbons (Fsp3) is 0.500. The SMILES string of the molecule is [2H]C([2H])([2H])Nc1nc(N)nc2c1ncn2[C@@H]1O[C@H](COP(=O)(N[C@H](C)C(=O)OC(C)C)Oc2ccccc2)[C@@H](O)[C@@]1(C)F. The molecule has 218 valence electrons. The second-order valence-electron chi connectivity index (χ2n) is 9.54. The Morgan fingerprint density at radius 1 is 1.35 bits per heavy atom. The van der Waals surface area contributed by atoms with Crippen LogP contribution in [-0.4, -0.2) is 74.2 Å². The smallest absolute Gasteiger partial charge is 0.459 e. The van der Waals surface area contributed by atoms with Gasteiger partial charge < -0.3 is 30.2 Å². The van der Waals surface area contributed by atoms with E-state index >= 15 is 4.39 Å². The summed E-state index contributed by atoms with van der Waals surface area (Å²) in [6, 6.07) is 6.86. The number of anilines is 2. The third-order valence-electron chi connectivity index (χ3n) is 5.96. The van der Waals surface area contributed by atoms with Crippen LogP contribution in [0.4, 0.5) is 16.2 Å². The lowest BCUT2D eigenvalue weighted by molar-refractivity contribution is -0.149. The van der Waals surface area contributed by atoms with Crippen LogP contribution in [0.1, 0.15) is 38.0 Å². The first-order valence-electron chi connectivity index (χ1n) is 13.8. The molecule has 1 aromatic carbocycles. The number of nitrogens with zero attached hydrogens (tertiary/aromatic N) is 4. The first-order valence-corrected chi connectivity index (χ1v) is 13.8. The number of rotatable bonds is 11. The van der Waals surface area contributed by atoms with E-state index in [1.165, 1.54) is 19.1 Å². The van der Waals surface area contributed by atoms with E-state index in [1.54, 1.807) is 32.0 Å². The van der Waals surface area contributed by atoms with Gasteiger partial charge in [-0.05, 0) is 39.8 Å². The molecule has 2 aromatic heterocycles. The first kappa shape index (κ1) is 25.6. The summed E-state index contributed by atoms with van der Waals surface area (Å²) >= 11 is 0. The van der Waals surface area contributed by atoms with Crippen LogP contribution in [0.25, 0.3) is 11.2 Å². The highest BCUT2D eigenvalue weighted by Gasteiger charge is 2.56. The van der Waals surface area contributed by atoms with Crippen LogP contribution in [0.3, 0.4) is 0 Å². The molecule has 0 amide bonds. The van der Waals surface area contributed by atoms with Crippen LogP contribution < -0.4 is 20.7 Å². The number of carbonyl (C=O) groups excluding carboxylic acids is 1. The van der Waals surface area contributed by atoms with Gasteiger partial charge in [0, 0.05) is 11.1 Å². The predicted octanol–water partition coefficient (Wildman–Crippen LogP) is 2.57. The van der Waals surface area contributed by atoms with Gasteiger partial charge in [0.2, 0.25) is 5.95 Å². The van der Waals surface area contributed by atoms with Crippen molar-refractivity contribution in [2.24, 2.45) is 0 Å². The van der Waals surface area contributed by atoms with E-state index in [0.29, 0.717) is 0 Å². The lowest BCUT2D eigenvalue weighted by atomic mass is 9.98. The minimum atomic E-state index is -4.35. The van der Waals surface area contributed by atoms with Crippen molar-refractivity contribution in [3.8, 4) is 5.75 Å². The standard InChI is InChI=1S/C24H33FN7O7P/c1-13(2)37-21(34)14(3)31-40(35,39-15-9-7-6-8-10-15)36-11-16-18(33)24(4,25)22(38-16)32-12-28-17-19(27-5)29-23(26)30-20(17)32/h6-10,12-14,16,18,22,33H,11H2,1-5H3,(H,31,35)(H3,26,27,29,30)/t14-,16-,18-,22-,24-,40?/m1/s1/i5D3. The average Bonchev–Trinajstić information content (AvgIpc) is 3.40. The van der Waals surface area contributed by atoms with E-state index in [-0.39, 0.29) is 28.7 Å². The van der Waals surface area contributed by atoms with E-state index in [1.807, 2.05) is 0 Å². The molecule has 1 aliphatic heterocycles. The van der Waals surface area contributed by atoms with E-state index < -0.39 is 63.5 Å². The van der Waals surface area contributed by atoms with Crippen LogP contribution in [-0.2, 0) is 23.4 Å². The summed E-state index contributed by atoms with van der Waals surface area (Å²) in [4.78, 5) is 24.4. The Morgan fingerprint density at radius 2 is 2.08 bits per heavy atom. The van der Waals surface area contributed by atoms with Crippen LogP contribution in [0.2, 0.25) is 0 Å². The molecule has 0 bridgehead atoms. The number of carbonyl (C=O) groups is 1. The highest BCUT2D eigenvalue weighted by molar-refractivity contribution is 7.52. The molecule has 5 N–H and O–H groups in total. The van der Waals surface area contributed by atoms with E-state index in [9.17, 15) is 14.5 Å². The molecule has 1 saturated heterocycles. The van der Waals surface area contributed by atoms with Crippen molar-refractivity contribution in [3.63, 3.8) is 0 Å². The van der Waals surface area contributed by atoms with Crippen LogP contribution in [0.5, 0.6) is 5.75 Å². The number of aliphatic hydroxyl groups is 1. The summed E-state index contributed by atoms with van der Waals surface area (Å²) < 4.78 is 75.5. The molecule has 40 heavy (non-hydrogen) atoms. The van der Waals surface area contributed by atoms with Crippen LogP contribution >= 0.6 is 7.75 Å². The maximum Gasteiger partial charge on any atom is 0.459 e. The van der Waals surface area contributed by atoms with Gasteiger partial charge in [-0.15, -0.1) is 0 Å². The molecule has 1 fully saturated rings. The number of esters is 1. The number of aliphatic hydroxyl groups excluding tert-OH is 1. The van der Waals surface area contributed by atoms with Crippen molar-refractivity contribution < 1.29 is 41.5 Å². The third-order valence-corrected chi connectivity index (χ3v) is 7.61. The molecule has 3 aromatic rings. The summed E-state index contributed by atoms with van der Waals surface area (Å²) in [5.41, 5.74) is 3.18. The minimum absolute atomic E-state index is 0.0360. The molecule has 16 heteroatoms. The maximum absolute atomic E-state index is 16.1. The monoisotopic (exact) mass is 584 g/mol. The molecule has 0 radical (unpaired) electrons. The first-order chi connectivity index (χ1) is 20.0. The van der Waals surface area contributed by atoms with Crippen LogP contribution in [0, 0.1) is 0 Å². The number of fused-ring (bicyclic) bond motifs is 1. The molecule has 1 unspecified atom stereocenters. The molecule has 0 spiro atoms. The molecular formula is C24H33FN7O7P. The van der Waals surface area contributed by atoms with E-state index in [0.717, 1.165) is 17.8 Å². The zero-order valence-electron chi connectivity index (χ0n) is 25.1. The summed E-state index contributed by atoms with van der Waals surface area (Å²) in [6.07, 6.45) is -4.08. The van der Waals surface area contributed by atoms with Crippen molar-refractivity contribution in [2.75, 3.05) is 24.6 Å². The number of halogens is 1. The number of aromatic nitrogens is 4. The summed E-state index contributed by atoms with van der Waals surface area (Å²) in [6.45, 7) is 2.50. The topological polar surface area (TPSA) is 185 Å². The predicted molar refractivity (Wildman–Crippen MR) is 143 cm³/mol. The zero-order chi connectivity index (χ0) is 31.7. The van der Waals surface area contributed by atoms with Crippen molar-refractivity contribution in [3.05, 3.63) is 36.7 Å². The molecule has 3 heterocycles. The Balaban J connectivity index is 1.58. The van der Waals surface area contributed by atoms with Crippen molar-refractivity contribution in [1.82, 2.24) is 24.6 Å². The normalized spacial score (nSPS) is 26.5. The number of imidazole rings is 1. The van der Waals surface area contributed by atoms with Gasteiger partial charge in [-0.25, -0.2) is 13.9 Å².